The summed E-state index contributed by atoms with van der Waals surface area (Å²) >= 11 is 5.96. The van der Waals surface area contributed by atoms with Crippen LogP contribution in [0.4, 0.5) is 0 Å². The van der Waals surface area contributed by atoms with Gasteiger partial charge in [0.2, 0.25) is 0 Å². The molecule has 3 rings (SSSR count). The third kappa shape index (κ3) is 3.62. The smallest absolute Gasteiger partial charge is 0.339 e. The van der Waals surface area contributed by atoms with Gasteiger partial charge in [-0.05, 0) is 31.4 Å². The lowest BCUT2D eigenvalue weighted by Crippen LogP contribution is -2.38. The van der Waals surface area contributed by atoms with E-state index in [0.717, 1.165) is 32.4 Å². The van der Waals surface area contributed by atoms with Crippen molar-refractivity contribution in [2.24, 2.45) is 0 Å². The summed E-state index contributed by atoms with van der Waals surface area (Å²) in [6, 6.07) is 8.66. The molecule has 0 atom stereocenters. The quantitative estimate of drug-likeness (QED) is 0.640. The van der Waals surface area contributed by atoms with E-state index in [1.807, 2.05) is 12.1 Å². The number of likely N-dealkylation sites (tertiary alicyclic amines) is 1. The number of nitrogens with zero attached hydrogens (tertiary/aromatic N) is 2. The van der Waals surface area contributed by atoms with Gasteiger partial charge < -0.3 is 9.64 Å². The predicted octanol–water partition coefficient (Wildman–Crippen LogP) is 3.06. The van der Waals surface area contributed by atoms with Crippen LogP contribution in [0.15, 0.2) is 30.3 Å². The number of fused-ring (bicyclic) bond motifs is 1. The van der Waals surface area contributed by atoms with Crippen LogP contribution in [0.2, 0.25) is 5.15 Å². The molecule has 120 valence electrons. The molecular formula is C17H17ClN2O3. The summed E-state index contributed by atoms with van der Waals surface area (Å²) in [6.07, 6.45) is 3.15. The number of para-hydroxylation sites is 1. The van der Waals surface area contributed by atoms with Crippen LogP contribution in [0, 0.1) is 0 Å². The molecule has 0 saturated carbocycles. The fourth-order valence-corrected chi connectivity index (χ4v) is 2.95. The normalized spacial score (nSPS) is 14.7. The number of hydrogen-bond donors (Lipinski definition) is 0. The molecule has 1 aromatic heterocycles. The number of pyridine rings is 1. The molecule has 1 fully saturated rings. The number of halogens is 1. The van der Waals surface area contributed by atoms with Gasteiger partial charge in [0, 0.05) is 18.5 Å². The van der Waals surface area contributed by atoms with Crippen molar-refractivity contribution in [1.82, 2.24) is 9.88 Å². The zero-order valence-corrected chi connectivity index (χ0v) is 13.4. The Morgan fingerprint density at radius 3 is 2.70 bits per heavy atom. The number of esters is 1. The summed E-state index contributed by atoms with van der Waals surface area (Å²) < 4.78 is 5.19. The molecule has 0 N–H and O–H groups in total. The second kappa shape index (κ2) is 6.96. The molecule has 1 aliphatic heterocycles. The molecule has 0 bridgehead atoms. The third-order valence-corrected chi connectivity index (χ3v) is 4.13. The first-order chi connectivity index (χ1) is 11.1. The summed E-state index contributed by atoms with van der Waals surface area (Å²) in [5.41, 5.74) is 0.946. The zero-order chi connectivity index (χ0) is 16.2. The number of ether oxygens (including phenoxy) is 1. The molecule has 1 aliphatic rings. The molecule has 1 saturated heterocycles. The van der Waals surface area contributed by atoms with Gasteiger partial charge in [-0.25, -0.2) is 9.78 Å². The van der Waals surface area contributed by atoms with E-state index in [4.69, 9.17) is 16.3 Å². The van der Waals surface area contributed by atoms with Gasteiger partial charge in [0.15, 0.2) is 6.61 Å². The van der Waals surface area contributed by atoms with Crippen molar-refractivity contribution in [3.8, 4) is 0 Å². The van der Waals surface area contributed by atoms with Crippen LogP contribution in [-0.4, -0.2) is 41.5 Å². The molecule has 0 spiro atoms. The van der Waals surface area contributed by atoms with Gasteiger partial charge in [0.1, 0.15) is 5.15 Å². The molecule has 2 aromatic rings. The SMILES string of the molecule is O=C(OCC(=O)N1CCCCC1)c1cc(Cl)nc2ccccc12. The number of amides is 1. The van der Waals surface area contributed by atoms with E-state index in [9.17, 15) is 9.59 Å². The summed E-state index contributed by atoms with van der Waals surface area (Å²) in [5.74, 6) is -0.710. The van der Waals surface area contributed by atoms with Gasteiger partial charge in [0.25, 0.3) is 5.91 Å². The first-order valence-corrected chi connectivity index (χ1v) is 8.03. The topological polar surface area (TPSA) is 59.5 Å². The van der Waals surface area contributed by atoms with Crippen LogP contribution in [-0.2, 0) is 9.53 Å². The Kier molecular flexibility index (Phi) is 4.76. The second-order valence-electron chi connectivity index (χ2n) is 5.53. The van der Waals surface area contributed by atoms with Crippen molar-refractivity contribution in [3.05, 3.63) is 41.0 Å². The maximum absolute atomic E-state index is 12.3. The van der Waals surface area contributed by atoms with Crippen LogP contribution in [0.25, 0.3) is 10.9 Å². The van der Waals surface area contributed by atoms with Crippen molar-refractivity contribution in [2.75, 3.05) is 19.7 Å². The van der Waals surface area contributed by atoms with E-state index in [0.29, 0.717) is 16.5 Å². The predicted molar refractivity (Wildman–Crippen MR) is 87.5 cm³/mol. The highest BCUT2D eigenvalue weighted by molar-refractivity contribution is 6.30. The lowest BCUT2D eigenvalue weighted by Gasteiger charge is -2.26. The molecule has 2 heterocycles. The fraction of sp³-hybridized carbons (Fsp3) is 0.353. The molecule has 6 heteroatoms. The summed E-state index contributed by atoms with van der Waals surface area (Å²) in [4.78, 5) is 30.3. The van der Waals surface area contributed by atoms with Crippen LogP contribution in [0.5, 0.6) is 0 Å². The lowest BCUT2D eigenvalue weighted by atomic mass is 10.1. The number of piperidine rings is 1. The average molecular weight is 333 g/mol. The molecule has 5 nitrogen and oxygen atoms in total. The largest absolute Gasteiger partial charge is 0.452 e. The Balaban J connectivity index is 1.72. The standard InChI is InChI=1S/C17H17ClN2O3/c18-15-10-13(12-6-2-3-7-14(12)19-15)17(22)23-11-16(21)20-8-4-1-5-9-20/h2-3,6-7,10H,1,4-5,8-9,11H2. The van der Waals surface area contributed by atoms with Gasteiger partial charge in [-0.1, -0.05) is 29.8 Å². The molecular weight excluding hydrogens is 316 g/mol. The first kappa shape index (κ1) is 15.7. The van der Waals surface area contributed by atoms with E-state index in [2.05, 4.69) is 4.98 Å². The maximum Gasteiger partial charge on any atom is 0.339 e. The Morgan fingerprint density at radius 1 is 1.17 bits per heavy atom. The van der Waals surface area contributed by atoms with Crippen molar-refractivity contribution < 1.29 is 14.3 Å². The number of carbonyl (C=O) groups excluding carboxylic acids is 2. The van der Waals surface area contributed by atoms with Gasteiger partial charge in [0.05, 0.1) is 11.1 Å². The number of benzene rings is 1. The highest BCUT2D eigenvalue weighted by atomic mass is 35.5. The van der Waals surface area contributed by atoms with Crippen molar-refractivity contribution >= 4 is 34.4 Å². The molecule has 0 aliphatic carbocycles. The molecule has 0 radical (unpaired) electrons. The molecule has 1 aromatic carbocycles. The van der Waals surface area contributed by atoms with E-state index in [1.165, 1.54) is 6.07 Å². The summed E-state index contributed by atoms with van der Waals surface area (Å²) in [6.45, 7) is 1.23. The van der Waals surface area contributed by atoms with E-state index in [1.54, 1.807) is 17.0 Å². The van der Waals surface area contributed by atoms with Crippen LogP contribution in [0.3, 0.4) is 0 Å². The monoisotopic (exact) mass is 332 g/mol. The maximum atomic E-state index is 12.3. The zero-order valence-electron chi connectivity index (χ0n) is 12.6. The van der Waals surface area contributed by atoms with Crippen LogP contribution < -0.4 is 0 Å². The van der Waals surface area contributed by atoms with Crippen LogP contribution >= 0.6 is 11.6 Å². The van der Waals surface area contributed by atoms with Crippen molar-refractivity contribution in [3.63, 3.8) is 0 Å². The number of hydrogen-bond acceptors (Lipinski definition) is 4. The van der Waals surface area contributed by atoms with Gasteiger partial charge >= 0.3 is 5.97 Å². The van der Waals surface area contributed by atoms with Crippen LogP contribution in [0.1, 0.15) is 29.6 Å². The molecule has 0 unspecified atom stereocenters. The first-order valence-electron chi connectivity index (χ1n) is 7.65. The Bertz CT molecular complexity index is 742. The fourth-order valence-electron chi connectivity index (χ4n) is 2.75. The van der Waals surface area contributed by atoms with Gasteiger partial charge in [-0.15, -0.1) is 0 Å². The minimum absolute atomic E-state index is 0.150. The second-order valence-corrected chi connectivity index (χ2v) is 5.91. The minimum atomic E-state index is -0.559. The lowest BCUT2D eigenvalue weighted by molar-refractivity contribution is -0.135. The number of aromatic nitrogens is 1. The Labute approximate surface area is 139 Å². The van der Waals surface area contributed by atoms with E-state index < -0.39 is 5.97 Å². The van der Waals surface area contributed by atoms with E-state index in [-0.39, 0.29) is 17.7 Å². The average Bonchev–Trinajstić information content (AvgIpc) is 2.59. The molecule has 23 heavy (non-hydrogen) atoms. The summed E-state index contributed by atoms with van der Waals surface area (Å²) in [5, 5.41) is 0.880. The van der Waals surface area contributed by atoms with E-state index >= 15 is 0 Å². The van der Waals surface area contributed by atoms with Crippen molar-refractivity contribution in [1.29, 1.82) is 0 Å². The number of rotatable bonds is 3. The summed E-state index contributed by atoms with van der Waals surface area (Å²) in [7, 11) is 0. The van der Waals surface area contributed by atoms with Gasteiger partial charge in [-0.3, -0.25) is 4.79 Å². The highest BCUT2D eigenvalue weighted by Crippen LogP contribution is 2.21. The van der Waals surface area contributed by atoms with Crippen molar-refractivity contribution in [2.45, 2.75) is 19.3 Å². The minimum Gasteiger partial charge on any atom is -0.452 e. The van der Waals surface area contributed by atoms with Gasteiger partial charge in [-0.2, -0.15) is 0 Å². The number of carbonyl (C=O) groups is 2. The Morgan fingerprint density at radius 2 is 1.91 bits per heavy atom. The third-order valence-electron chi connectivity index (χ3n) is 3.94. The highest BCUT2D eigenvalue weighted by Gasteiger charge is 2.19. The molecule has 1 amide bonds. The Hall–Kier alpha value is -2.14.